The summed E-state index contributed by atoms with van der Waals surface area (Å²) in [6.45, 7) is 0.950. The van der Waals surface area contributed by atoms with E-state index in [1.54, 1.807) is 0 Å². The van der Waals surface area contributed by atoms with Gasteiger partial charge in [-0.2, -0.15) is 0 Å². The highest BCUT2D eigenvalue weighted by molar-refractivity contribution is 5.87. The van der Waals surface area contributed by atoms with E-state index in [0.29, 0.717) is 0 Å². The predicted molar refractivity (Wildman–Crippen MR) is 30.9 cm³/mol. The van der Waals surface area contributed by atoms with Crippen LogP contribution >= 0.6 is 0 Å². The molecule has 0 saturated carbocycles. The van der Waals surface area contributed by atoms with Gasteiger partial charge in [-0.15, -0.1) is 0 Å². The van der Waals surface area contributed by atoms with Crippen LogP contribution in [0.5, 0.6) is 0 Å². The highest BCUT2D eigenvalue weighted by Crippen LogP contribution is 1.89. The van der Waals surface area contributed by atoms with Crippen molar-refractivity contribution < 1.29 is 23.5 Å². The number of ether oxygens (including phenoxy) is 1. The summed E-state index contributed by atoms with van der Waals surface area (Å²) in [5, 5.41) is 1.48. The van der Waals surface area contributed by atoms with Gasteiger partial charge in [0.2, 0.25) is 6.41 Å². The largest absolute Gasteiger partial charge is 0.390 e. The number of halogens is 1. The number of carbonyl (C=O) groups is 3. The van der Waals surface area contributed by atoms with Gasteiger partial charge in [0.25, 0.3) is 6.30 Å². The van der Waals surface area contributed by atoms with Crippen molar-refractivity contribution in [2.45, 2.75) is 13.2 Å². The van der Waals surface area contributed by atoms with E-state index in [0.717, 1.165) is 6.92 Å². The smallest absolute Gasteiger partial charge is 0.369 e. The lowest BCUT2D eigenvalue weighted by molar-refractivity contribution is -0.163. The van der Waals surface area contributed by atoms with Crippen LogP contribution in [0.4, 0.5) is 4.39 Å². The molecule has 11 heavy (non-hydrogen) atoms. The van der Waals surface area contributed by atoms with Gasteiger partial charge in [0, 0.05) is 6.92 Å². The number of alkyl halides is 1. The van der Waals surface area contributed by atoms with E-state index in [9.17, 15) is 18.8 Å². The third-order valence-electron chi connectivity index (χ3n) is 0.666. The highest BCUT2D eigenvalue weighted by Gasteiger charge is 2.18. The van der Waals surface area contributed by atoms with Crippen LogP contribution in [0.25, 0.3) is 0 Å². The summed E-state index contributed by atoms with van der Waals surface area (Å²) in [7, 11) is 0. The Morgan fingerprint density at radius 2 is 2.18 bits per heavy atom. The van der Waals surface area contributed by atoms with E-state index in [1.807, 2.05) is 0 Å². The molecule has 0 spiro atoms. The summed E-state index contributed by atoms with van der Waals surface area (Å²) in [5.74, 6) is -2.35. The number of nitrogens with one attached hydrogen (secondary N) is 1. The fourth-order valence-electron chi connectivity index (χ4n) is 0.321. The first-order valence-corrected chi connectivity index (χ1v) is 2.64. The fraction of sp³-hybridized carbons (Fsp3) is 0.400. The summed E-state index contributed by atoms with van der Waals surface area (Å²) in [5.41, 5.74) is 0. The van der Waals surface area contributed by atoms with Crippen LogP contribution in [-0.4, -0.2) is 24.6 Å². The van der Waals surface area contributed by atoms with Crippen molar-refractivity contribution in [3.8, 4) is 0 Å². The average molecular weight is 163 g/mol. The first-order chi connectivity index (χ1) is 5.07. The van der Waals surface area contributed by atoms with E-state index < -0.39 is 18.2 Å². The molecule has 62 valence electrons. The van der Waals surface area contributed by atoms with Crippen LogP contribution in [0, 0.1) is 0 Å². The third kappa shape index (κ3) is 4.01. The zero-order valence-corrected chi connectivity index (χ0v) is 5.67. The molecule has 1 unspecified atom stereocenters. The van der Waals surface area contributed by atoms with Crippen LogP contribution in [0.15, 0.2) is 0 Å². The van der Waals surface area contributed by atoms with Crippen molar-refractivity contribution in [1.29, 1.82) is 0 Å². The molecule has 0 aromatic rings. The van der Waals surface area contributed by atoms with E-state index >= 15 is 0 Å². The molecule has 0 fully saturated rings. The lowest BCUT2D eigenvalue weighted by atomic mass is 10.6. The van der Waals surface area contributed by atoms with Gasteiger partial charge in [-0.3, -0.25) is 9.59 Å². The maximum atomic E-state index is 12.2. The molecule has 0 aromatic carbocycles. The zero-order chi connectivity index (χ0) is 8.85. The standard InChI is InChI=1S/C5H6FNO4/c1-3(9)11-5(10)4(6)7-2-8/h2,4H,1H3,(H,7,8). The maximum Gasteiger partial charge on any atom is 0.369 e. The first-order valence-electron chi connectivity index (χ1n) is 2.64. The molecular weight excluding hydrogens is 157 g/mol. The Balaban J connectivity index is 3.82. The molecule has 1 atom stereocenters. The molecule has 0 heterocycles. The van der Waals surface area contributed by atoms with Gasteiger partial charge in [0.05, 0.1) is 0 Å². The van der Waals surface area contributed by atoms with E-state index in [1.165, 1.54) is 5.32 Å². The van der Waals surface area contributed by atoms with Crippen LogP contribution < -0.4 is 5.32 Å². The van der Waals surface area contributed by atoms with Gasteiger partial charge in [-0.05, 0) is 0 Å². The third-order valence-corrected chi connectivity index (χ3v) is 0.666. The quantitative estimate of drug-likeness (QED) is 0.254. The fourth-order valence-corrected chi connectivity index (χ4v) is 0.321. The molecule has 1 N–H and O–H groups in total. The van der Waals surface area contributed by atoms with E-state index in [-0.39, 0.29) is 6.41 Å². The Morgan fingerprint density at radius 1 is 1.64 bits per heavy atom. The molecule has 0 aliphatic heterocycles. The summed E-state index contributed by atoms with van der Waals surface area (Å²) in [4.78, 5) is 29.9. The summed E-state index contributed by atoms with van der Waals surface area (Å²) < 4.78 is 16.0. The van der Waals surface area contributed by atoms with E-state index in [2.05, 4.69) is 4.74 Å². The Hall–Kier alpha value is -1.46. The minimum absolute atomic E-state index is 0.00787. The molecule has 0 aliphatic rings. The Morgan fingerprint density at radius 3 is 2.55 bits per heavy atom. The molecule has 6 heteroatoms. The highest BCUT2D eigenvalue weighted by atomic mass is 19.1. The van der Waals surface area contributed by atoms with Crippen molar-refractivity contribution in [3.63, 3.8) is 0 Å². The lowest BCUT2D eigenvalue weighted by Crippen LogP contribution is -2.33. The van der Waals surface area contributed by atoms with Gasteiger partial charge >= 0.3 is 11.9 Å². The normalized spacial score (nSPS) is 11.5. The van der Waals surface area contributed by atoms with Gasteiger partial charge in [-0.1, -0.05) is 0 Å². The monoisotopic (exact) mass is 163 g/mol. The number of amides is 1. The number of esters is 2. The van der Waals surface area contributed by atoms with Crippen LogP contribution in [0.3, 0.4) is 0 Å². The van der Waals surface area contributed by atoms with Gasteiger partial charge < -0.3 is 10.1 Å². The Bertz CT molecular complexity index is 181. The molecule has 0 rings (SSSR count). The van der Waals surface area contributed by atoms with Gasteiger partial charge in [-0.25, -0.2) is 9.18 Å². The molecular formula is C5H6FNO4. The van der Waals surface area contributed by atoms with Crippen molar-refractivity contribution in [1.82, 2.24) is 5.32 Å². The second-order valence-corrected chi connectivity index (χ2v) is 1.56. The molecule has 0 aromatic heterocycles. The Kier molecular flexibility index (Phi) is 3.79. The van der Waals surface area contributed by atoms with Crippen LogP contribution in [0.1, 0.15) is 6.92 Å². The molecule has 0 aliphatic carbocycles. The van der Waals surface area contributed by atoms with Crippen molar-refractivity contribution in [2.75, 3.05) is 0 Å². The van der Waals surface area contributed by atoms with Gasteiger partial charge in [0.1, 0.15) is 0 Å². The molecule has 5 nitrogen and oxygen atoms in total. The molecule has 0 saturated heterocycles. The Labute approximate surface area is 61.5 Å². The van der Waals surface area contributed by atoms with Gasteiger partial charge in [0.15, 0.2) is 0 Å². The minimum Gasteiger partial charge on any atom is -0.390 e. The van der Waals surface area contributed by atoms with Crippen molar-refractivity contribution in [3.05, 3.63) is 0 Å². The van der Waals surface area contributed by atoms with Crippen LogP contribution in [-0.2, 0) is 19.1 Å². The first kappa shape index (κ1) is 9.54. The second kappa shape index (κ2) is 4.37. The number of rotatable bonds is 3. The summed E-state index contributed by atoms with van der Waals surface area (Å²) >= 11 is 0. The average Bonchev–Trinajstić information content (AvgIpc) is 1.86. The topological polar surface area (TPSA) is 72.5 Å². The number of hydrogen-bond acceptors (Lipinski definition) is 4. The van der Waals surface area contributed by atoms with E-state index in [4.69, 9.17) is 0 Å². The zero-order valence-electron chi connectivity index (χ0n) is 5.67. The van der Waals surface area contributed by atoms with Crippen LogP contribution in [0.2, 0.25) is 0 Å². The summed E-state index contributed by atoms with van der Waals surface area (Å²) in [6.07, 6.45) is -2.29. The molecule has 0 radical (unpaired) electrons. The second-order valence-electron chi connectivity index (χ2n) is 1.56. The lowest BCUT2D eigenvalue weighted by Gasteiger charge is -2.02. The maximum absolute atomic E-state index is 12.2. The number of carbonyl (C=O) groups excluding carboxylic acids is 3. The summed E-state index contributed by atoms with van der Waals surface area (Å²) in [6, 6.07) is 0. The SMILES string of the molecule is CC(=O)OC(=O)C(F)NC=O. The molecule has 0 bridgehead atoms. The van der Waals surface area contributed by atoms with Crippen molar-refractivity contribution in [2.24, 2.45) is 0 Å². The minimum atomic E-state index is -2.28. The predicted octanol–water partition coefficient (Wildman–Crippen LogP) is -0.882. The molecule has 1 amide bonds. The number of hydrogen-bond donors (Lipinski definition) is 1. The van der Waals surface area contributed by atoms with Crippen molar-refractivity contribution >= 4 is 18.3 Å².